The van der Waals surface area contributed by atoms with Gasteiger partial charge in [-0.25, -0.2) is 0 Å². The number of carbonyl (C=O) groups excluding carboxylic acids is 1. The second-order valence-electron chi connectivity index (χ2n) is 11.4. The van der Waals surface area contributed by atoms with Crippen LogP contribution >= 0.6 is 0 Å². The summed E-state index contributed by atoms with van der Waals surface area (Å²) in [7, 11) is -3.00. The predicted molar refractivity (Wildman–Crippen MR) is 155 cm³/mol. The molecule has 1 saturated heterocycles. The summed E-state index contributed by atoms with van der Waals surface area (Å²) in [6, 6.07) is 17.3. The highest BCUT2D eigenvalue weighted by atomic mass is 28.4. The number of aryl methyl sites for hydroxylation is 2. The second kappa shape index (κ2) is 13.2. The van der Waals surface area contributed by atoms with E-state index in [0.29, 0.717) is 24.3 Å². The zero-order valence-electron chi connectivity index (χ0n) is 23.7. The Kier molecular flexibility index (Phi) is 9.89. The van der Waals surface area contributed by atoms with Gasteiger partial charge in [0.1, 0.15) is 6.10 Å². The minimum Gasteiger partial charge on any atom is -0.395 e. The first-order chi connectivity index (χ1) is 19.1. The van der Waals surface area contributed by atoms with Gasteiger partial charge in [-0.05, 0) is 68.5 Å². The van der Waals surface area contributed by atoms with Gasteiger partial charge in [0.15, 0.2) is 0 Å². The van der Waals surface area contributed by atoms with E-state index in [1.165, 1.54) is 6.92 Å². The number of aliphatic hydroxyl groups excluding tert-OH is 2. The maximum atomic E-state index is 15.5. The number of halogens is 1. The first kappa shape index (κ1) is 30.0. The quantitative estimate of drug-likeness (QED) is 0.216. The van der Waals surface area contributed by atoms with Crippen molar-refractivity contribution in [2.45, 2.75) is 82.5 Å². The van der Waals surface area contributed by atoms with Gasteiger partial charge >= 0.3 is 0 Å². The molecule has 8 nitrogen and oxygen atoms in total. The zero-order valence-corrected chi connectivity index (χ0v) is 24.7. The molecule has 1 aromatic heterocycles. The highest BCUT2D eigenvalue weighted by Crippen LogP contribution is 2.47. The van der Waals surface area contributed by atoms with E-state index in [0.717, 1.165) is 24.0 Å². The molecule has 1 aliphatic heterocycles. The molecule has 10 heteroatoms. The highest BCUT2D eigenvalue weighted by Gasteiger charge is 2.50. The summed E-state index contributed by atoms with van der Waals surface area (Å²) in [5.74, 6) is -0.581. The highest BCUT2D eigenvalue weighted by molar-refractivity contribution is 6.72. The fraction of sp³-hybridized carbons (Fsp3) is 0.500. The Hall–Kier alpha value is -2.92. The van der Waals surface area contributed by atoms with Crippen LogP contribution in [0.5, 0.6) is 0 Å². The van der Waals surface area contributed by atoms with E-state index in [1.54, 1.807) is 17.8 Å². The molecule has 6 atom stereocenters. The van der Waals surface area contributed by atoms with Crippen LogP contribution in [-0.2, 0) is 22.5 Å². The minimum atomic E-state index is -3.00. The topological polar surface area (TPSA) is 110 Å². The van der Waals surface area contributed by atoms with E-state index in [2.05, 4.69) is 22.6 Å². The average molecular weight is 569 g/mol. The summed E-state index contributed by atoms with van der Waals surface area (Å²) in [5.41, 5.74) is 3.32. The number of aliphatic hydroxyl groups is 2. The lowest BCUT2D eigenvalue weighted by molar-refractivity contribution is -0.123. The third-order valence-electron chi connectivity index (χ3n) is 7.95. The summed E-state index contributed by atoms with van der Waals surface area (Å²) in [5, 5.41) is 30.6. The molecule has 2 heterocycles. The fourth-order valence-electron chi connectivity index (χ4n) is 5.86. The number of benzene rings is 2. The number of anilines is 1. The van der Waals surface area contributed by atoms with Crippen LogP contribution in [0.15, 0.2) is 60.8 Å². The van der Waals surface area contributed by atoms with Crippen LogP contribution in [0.4, 0.5) is 9.80 Å². The van der Waals surface area contributed by atoms with Gasteiger partial charge in [0.2, 0.25) is 8.41 Å². The fourth-order valence-corrected chi connectivity index (χ4v) is 8.45. The molecule has 0 radical (unpaired) electrons. The van der Waals surface area contributed by atoms with Crippen molar-refractivity contribution in [2.24, 2.45) is 5.92 Å². The molecule has 1 aliphatic rings. The van der Waals surface area contributed by atoms with Gasteiger partial charge in [-0.2, -0.15) is 0 Å². The lowest BCUT2D eigenvalue weighted by Gasteiger charge is -2.28. The Labute approximate surface area is 236 Å². The van der Waals surface area contributed by atoms with Gasteiger partial charge in [-0.3, -0.25) is 9.48 Å². The molecule has 216 valence electrons. The Balaban J connectivity index is 1.36. The van der Waals surface area contributed by atoms with Gasteiger partial charge in [0.25, 0.3) is 5.91 Å². The number of amides is 1. The number of nitrogens with one attached hydrogen (secondary N) is 1. The molecule has 1 unspecified atom stereocenters. The molecule has 0 bridgehead atoms. The Morgan fingerprint density at radius 3 is 2.45 bits per heavy atom. The third-order valence-corrected chi connectivity index (χ3v) is 10.4. The van der Waals surface area contributed by atoms with Crippen molar-refractivity contribution >= 4 is 20.0 Å². The lowest BCUT2D eigenvalue weighted by Crippen LogP contribution is -2.36. The predicted octanol–water partition coefficient (Wildman–Crippen LogP) is 4.69. The molecule has 0 aliphatic carbocycles. The number of ether oxygens (including phenoxy) is 1. The smallest absolute Gasteiger partial charge is 0.252 e. The molecule has 1 amide bonds. The van der Waals surface area contributed by atoms with E-state index in [-0.39, 0.29) is 36.2 Å². The number of carbonyl (C=O) groups is 1. The first-order valence-electron chi connectivity index (χ1n) is 14.0. The standard InChI is InChI=1S/C30H41FN4O4Si/c1-20-27(15-12-22-10-13-24(14-11-22)32-30(38)21(2)37)39-28(29(20)40(3,4)31)16-17-35-18-26(33-34-35)25(19-36)23-8-6-5-7-9-23/h5-11,13-14,18,20-21,25,27-29,36-37H,12,15-17,19H2,1-4H3,(H,32,38)/t20-,21-,25?,27+,28-,29+/m0/s1. The van der Waals surface area contributed by atoms with E-state index in [9.17, 15) is 15.0 Å². The molecule has 3 aromatic rings. The molecule has 40 heavy (non-hydrogen) atoms. The summed E-state index contributed by atoms with van der Waals surface area (Å²) in [6.07, 6.45) is 2.76. The van der Waals surface area contributed by atoms with Crippen molar-refractivity contribution in [3.8, 4) is 0 Å². The molecular weight excluding hydrogens is 527 g/mol. The maximum absolute atomic E-state index is 15.5. The van der Waals surface area contributed by atoms with E-state index < -0.39 is 20.4 Å². The van der Waals surface area contributed by atoms with E-state index in [1.807, 2.05) is 60.8 Å². The third kappa shape index (κ3) is 7.42. The molecule has 3 N–H and O–H groups in total. The van der Waals surface area contributed by atoms with Crippen molar-refractivity contribution < 1.29 is 23.9 Å². The summed E-state index contributed by atoms with van der Waals surface area (Å²) < 4.78 is 23.8. The van der Waals surface area contributed by atoms with Gasteiger partial charge in [0.05, 0.1) is 30.4 Å². The van der Waals surface area contributed by atoms with Crippen molar-refractivity contribution in [3.05, 3.63) is 77.6 Å². The van der Waals surface area contributed by atoms with Crippen molar-refractivity contribution in [3.63, 3.8) is 0 Å². The lowest BCUT2D eigenvalue weighted by atomic mass is 9.95. The number of hydrogen-bond acceptors (Lipinski definition) is 6. The monoisotopic (exact) mass is 568 g/mol. The summed E-state index contributed by atoms with van der Waals surface area (Å²) in [4.78, 5) is 11.7. The van der Waals surface area contributed by atoms with Crippen LogP contribution in [0.1, 0.15) is 49.4 Å². The SMILES string of the molecule is C[C@@H]1[C@@H]([Si](C)(C)F)[C@H](CCn2cc(C(CO)c3ccccc3)nn2)O[C@@H]1CCc1ccc(NC(=O)[C@H](C)O)cc1. The number of hydrogen-bond donors (Lipinski definition) is 3. The van der Waals surface area contributed by atoms with Gasteiger partial charge in [-0.15, -0.1) is 5.10 Å². The average Bonchev–Trinajstić information content (AvgIpc) is 3.52. The Morgan fingerprint density at radius 1 is 1.12 bits per heavy atom. The largest absolute Gasteiger partial charge is 0.395 e. The molecular formula is C30H41FN4O4Si. The minimum absolute atomic E-state index is 0.0460. The van der Waals surface area contributed by atoms with Crippen molar-refractivity contribution in [1.29, 1.82) is 0 Å². The number of nitrogens with zero attached hydrogens (tertiary/aromatic N) is 3. The normalized spacial score (nSPS) is 22.7. The molecule has 4 rings (SSSR count). The number of rotatable bonds is 12. The first-order valence-corrected chi connectivity index (χ1v) is 17.0. The molecule has 2 aromatic carbocycles. The second-order valence-corrected chi connectivity index (χ2v) is 15.2. The van der Waals surface area contributed by atoms with Crippen molar-refractivity contribution in [2.75, 3.05) is 11.9 Å². The van der Waals surface area contributed by atoms with Crippen molar-refractivity contribution in [1.82, 2.24) is 15.0 Å². The zero-order chi connectivity index (χ0) is 28.9. The maximum Gasteiger partial charge on any atom is 0.252 e. The van der Waals surface area contributed by atoms with Gasteiger partial charge < -0.3 is 24.4 Å². The number of aromatic nitrogens is 3. The van der Waals surface area contributed by atoms with Crippen LogP contribution in [0.2, 0.25) is 18.6 Å². The van der Waals surface area contributed by atoms with E-state index in [4.69, 9.17) is 4.74 Å². The summed E-state index contributed by atoms with van der Waals surface area (Å²) in [6.45, 7) is 7.58. The molecule has 0 saturated carbocycles. The Morgan fingerprint density at radius 2 is 1.82 bits per heavy atom. The summed E-state index contributed by atoms with van der Waals surface area (Å²) >= 11 is 0. The molecule has 1 fully saturated rings. The van der Waals surface area contributed by atoms with Crippen LogP contribution < -0.4 is 5.32 Å². The van der Waals surface area contributed by atoms with Crippen LogP contribution in [0.25, 0.3) is 0 Å². The van der Waals surface area contributed by atoms with E-state index >= 15 is 4.11 Å². The Bertz CT molecular complexity index is 1230. The van der Waals surface area contributed by atoms with Gasteiger partial charge in [-0.1, -0.05) is 54.6 Å². The van der Waals surface area contributed by atoms with Crippen LogP contribution in [0.3, 0.4) is 0 Å². The molecule has 0 spiro atoms. The van der Waals surface area contributed by atoms with Gasteiger partial charge in [0, 0.05) is 24.0 Å². The van der Waals surface area contributed by atoms with Crippen LogP contribution in [-0.4, -0.2) is 64.4 Å². The van der Waals surface area contributed by atoms with Crippen LogP contribution in [0, 0.1) is 5.92 Å².